The molecule has 1 aliphatic rings. The largest absolute Gasteiger partial charge is 0.327 e. The van der Waals surface area contributed by atoms with Gasteiger partial charge in [0.05, 0.1) is 0 Å². The van der Waals surface area contributed by atoms with Crippen LogP contribution in [0.15, 0.2) is 48.5 Å². The molecule has 1 saturated heterocycles. The van der Waals surface area contributed by atoms with E-state index in [1.54, 1.807) is 29.2 Å². The van der Waals surface area contributed by atoms with Crippen molar-refractivity contribution >= 4 is 29.1 Å². The third-order valence-electron chi connectivity index (χ3n) is 4.36. The van der Waals surface area contributed by atoms with Gasteiger partial charge in [0, 0.05) is 22.8 Å². The maximum atomic E-state index is 12.7. The highest BCUT2D eigenvalue weighted by molar-refractivity contribution is 6.31. The number of benzene rings is 2. The molecule has 0 saturated carbocycles. The molecule has 0 aliphatic carbocycles. The van der Waals surface area contributed by atoms with Crippen LogP contribution in [0.5, 0.6) is 0 Å². The summed E-state index contributed by atoms with van der Waals surface area (Å²) < 4.78 is 0. The molecule has 4 nitrogen and oxygen atoms in total. The van der Waals surface area contributed by atoms with E-state index in [-0.39, 0.29) is 11.8 Å². The Morgan fingerprint density at radius 2 is 1.88 bits per heavy atom. The van der Waals surface area contributed by atoms with Crippen LogP contribution in [0.4, 0.5) is 5.69 Å². The van der Waals surface area contributed by atoms with E-state index in [9.17, 15) is 9.59 Å². The number of carbonyl (C=O) groups excluding carboxylic acids is 2. The van der Waals surface area contributed by atoms with Gasteiger partial charge in [-0.1, -0.05) is 35.9 Å². The molecule has 1 aliphatic heterocycles. The third kappa shape index (κ3) is 3.29. The number of hydrogen-bond donors (Lipinski definition) is 1. The average Bonchev–Trinajstić information content (AvgIpc) is 3.09. The van der Waals surface area contributed by atoms with Gasteiger partial charge in [0.2, 0.25) is 5.91 Å². The molecule has 0 radical (unpaired) electrons. The number of hydrogen-bond acceptors (Lipinski definition) is 2. The number of amides is 2. The van der Waals surface area contributed by atoms with Crippen molar-refractivity contribution in [2.45, 2.75) is 25.8 Å². The first kappa shape index (κ1) is 16.5. The van der Waals surface area contributed by atoms with Crippen molar-refractivity contribution in [3.8, 4) is 0 Å². The van der Waals surface area contributed by atoms with Crippen molar-refractivity contribution in [3.63, 3.8) is 0 Å². The summed E-state index contributed by atoms with van der Waals surface area (Å²) >= 11 is 6.10. The minimum atomic E-state index is -0.448. The lowest BCUT2D eigenvalue weighted by Gasteiger charge is -2.24. The van der Waals surface area contributed by atoms with Crippen LogP contribution in [0.3, 0.4) is 0 Å². The molecule has 0 bridgehead atoms. The second kappa shape index (κ2) is 7.05. The summed E-state index contributed by atoms with van der Waals surface area (Å²) in [5.41, 5.74) is 2.12. The summed E-state index contributed by atoms with van der Waals surface area (Å²) in [4.78, 5) is 27.0. The van der Waals surface area contributed by atoms with Gasteiger partial charge < -0.3 is 10.2 Å². The molecule has 0 unspecified atom stereocenters. The highest BCUT2D eigenvalue weighted by Crippen LogP contribution is 2.25. The van der Waals surface area contributed by atoms with Gasteiger partial charge in [-0.3, -0.25) is 9.59 Å². The Labute approximate surface area is 146 Å². The first-order valence-corrected chi connectivity index (χ1v) is 8.37. The Bertz CT molecular complexity index is 761. The first-order chi connectivity index (χ1) is 11.6. The third-order valence-corrected chi connectivity index (χ3v) is 4.77. The number of likely N-dealkylation sites (tertiary alicyclic amines) is 1. The van der Waals surface area contributed by atoms with E-state index in [0.717, 1.165) is 12.0 Å². The zero-order valence-corrected chi connectivity index (χ0v) is 14.2. The highest BCUT2D eigenvalue weighted by atomic mass is 35.5. The van der Waals surface area contributed by atoms with Gasteiger partial charge in [-0.05, 0) is 49.6 Å². The van der Waals surface area contributed by atoms with Gasteiger partial charge in [-0.15, -0.1) is 0 Å². The number of halogens is 1. The number of rotatable bonds is 3. The molecule has 2 aromatic rings. The molecule has 3 rings (SSSR count). The molecular formula is C19H19ClN2O2. The topological polar surface area (TPSA) is 49.4 Å². The lowest BCUT2D eigenvalue weighted by atomic mass is 10.1. The van der Waals surface area contributed by atoms with E-state index < -0.39 is 6.04 Å². The van der Waals surface area contributed by atoms with Crippen molar-refractivity contribution in [1.82, 2.24) is 4.90 Å². The quantitative estimate of drug-likeness (QED) is 0.919. The fourth-order valence-corrected chi connectivity index (χ4v) is 3.16. The number of anilines is 1. The maximum Gasteiger partial charge on any atom is 0.254 e. The predicted octanol–water partition coefficient (Wildman–Crippen LogP) is 3.89. The van der Waals surface area contributed by atoms with Crippen LogP contribution in [0, 0.1) is 6.92 Å². The molecular weight excluding hydrogens is 324 g/mol. The van der Waals surface area contributed by atoms with Gasteiger partial charge in [0.25, 0.3) is 5.91 Å². The smallest absolute Gasteiger partial charge is 0.254 e. The van der Waals surface area contributed by atoms with Gasteiger partial charge >= 0.3 is 0 Å². The molecule has 24 heavy (non-hydrogen) atoms. The van der Waals surface area contributed by atoms with Crippen molar-refractivity contribution in [1.29, 1.82) is 0 Å². The fourth-order valence-electron chi connectivity index (χ4n) is 2.99. The standard InChI is InChI=1S/C19H19ClN2O2/c1-13-15(20)9-5-10-16(13)21-18(23)17-11-6-12-22(17)19(24)14-7-3-2-4-8-14/h2-5,7-10,17H,6,11-12H2,1H3,(H,21,23)/t17-/m0/s1. The molecule has 1 heterocycles. The van der Waals surface area contributed by atoms with Gasteiger partial charge in [-0.2, -0.15) is 0 Å². The highest BCUT2D eigenvalue weighted by Gasteiger charge is 2.34. The molecule has 5 heteroatoms. The van der Waals surface area contributed by atoms with E-state index in [1.165, 1.54) is 0 Å². The van der Waals surface area contributed by atoms with E-state index >= 15 is 0 Å². The minimum Gasteiger partial charge on any atom is -0.327 e. The summed E-state index contributed by atoms with van der Waals surface area (Å²) in [7, 11) is 0. The zero-order valence-electron chi connectivity index (χ0n) is 13.5. The molecule has 1 N–H and O–H groups in total. The molecule has 2 aromatic carbocycles. The van der Waals surface area contributed by atoms with Crippen LogP contribution in [-0.4, -0.2) is 29.3 Å². The minimum absolute atomic E-state index is 0.101. The van der Waals surface area contributed by atoms with Crippen molar-refractivity contribution < 1.29 is 9.59 Å². The molecule has 124 valence electrons. The molecule has 2 amide bonds. The van der Waals surface area contributed by atoms with E-state index in [2.05, 4.69) is 5.32 Å². The zero-order chi connectivity index (χ0) is 17.1. The fraction of sp³-hybridized carbons (Fsp3) is 0.263. The Hall–Kier alpha value is -2.33. The number of nitrogens with one attached hydrogen (secondary N) is 1. The maximum absolute atomic E-state index is 12.7. The Kier molecular flexibility index (Phi) is 4.86. The molecule has 1 atom stereocenters. The number of carbonyl (C=O) groups is 2. The van der Waals surface area contributed by atoms with Crippen LogP contribution in [0.25, 0.3) is 0 Å². The first-order valence-electron chi connectivity index (χ1n) is 8.00. The van der Waals surface area contributed by atoms with Gasteiger partial charge in [0.15, 0.2) is 0 Å². The van der Waals surface area contributed by atoms with Crippen LogP contribution in [-0.2, 0) is 4.79 Å². The Morgan fingerprint density at radius 3 is 2.62 bits per heavy atom. The van der Waals surface area contributed by atoms with E-state index in [4.69, 9.17) is 11.6 Å². The summed E-state index contributed by atoms with van der Waals surface area (Å²) in [5.74, 6) is -0.266. The van der Waals surface area contributed by atoms with Crippen LogP contribution < -0.4 is 5.32 Å². The SMILES string of the molecule is Cc1c(Cl)cccc1NC(=O)[C@@H]1CCCN1C(=O)c1ccccc1. The normalized spacial score (nSPS) is 16.9. The lowest BCUT2D eigenvalue weighted by molar-refractivity contribution is -0.119. The predicted molar refractivity (Wildman–Crippen MR) is 95.3 cm³/mol. The monoisotopic (exact) mass is 342 g/mol. The summed E-state index contributed by atoms with van der Waals surface area (Å²) in [6, 6.07) is 14.0. The summed E-state index contributed by atoms with van der Waals surface area (Å²) in [6.07, 6.45) is 1.50. The molecule has 0 spiro atoms. The summed E-state index contributed by atoms with van der Waals surface area (Å²) in [5, 5.41) is 3.52. The second-order valence-corrected chi connectivity index (χ2v) is 6.33. The summed E-state index contributed by atoms with van der Waals surface area (Å²) in [6.45, 7) is 2.46. The Balaban J connectivity index is 1.76. The average molecular weight is 343 g/mol. The van der Waals surface area contributed by atoms with Crippen LogP contribution >= 0.6 is 11.6 Å². The Morgan fingerprint density at radius 1 is 1.12 bits per heavy atom. The molecule has 1 fully saturated rings. The van der Waals surface area contributed by atoms with Gasteiger partial charge in [0.1, 0.15) is 6.04 Å². The van der Waals surface area contributed by atoms with Crippen LogP contribution in [0.2, 0.25) is 5.02 Å². The van der Waals surface area contributed by atoms with Crippen LogP contribution in [0.1, 0.15) is 28.8 Å². The van der Waals surface area contributed by atoms with Crippen molar-refractivity contribution in [2.24, 2.45) is 0 Å². The van der Waals surface area contributed by atoms with Crippen molar-refractivity contribution in [3.05, 3.63) is 64.7 Å². The van der Waals surface area contributed by atoms with E-state index in [0.29, 0.717) is 29.2 Å². The van der Waals surface area contributed by atoms with E-state index in [1.807, 2.05) is 31.2 Å². The lowest BCUT2D eigenvalue weighted by Crippen LogP contribution is -2.43. The van der Waals surface area contributed by atoms with Crippen molar-refractivity contribution in [2.75, 3.05) is 11.9 Å². The molecule has 0 aromatic heterocycles. The second-order valence-electron chi connectivity index (χ2n) is 5.92. The number of nitrogens with zero attached hydrogens (tertiary/aromatic N) is 1. The van der Waals surface area contributed by atoms with Gasteiger partial charge in [-0.25, -0.2) is 0 Å².